The van der Waals surface area contributed by atoms with Crippen molar-refractivity contribution in [2.24, 2.45) is 0 Å². The van der Waals surface area contributed by atoms with E-state index in [1.54, 1.807) is 0 Å². The third-order valence-electron chi connectivity index (χ3n) is 2.94. The molecule has 4 heteroatoms. The molecule has 2 nitrogen and oxygen atoms in total. The molecule has 1 aliphatic rings. The highest BCUT2D eigenvalue weighted by atomic mass is 19.1. The molecular weight excluding hydrogens is 212 g/mol. The Kier molecular flexibility index (Phi) is 3.39. The summed E-state index contributed by atoms with van der Waals surface area (Å²) in [5.74, 6) is -1.57. The molecule has 1 aromatic rings. The number of hydrogen-bond acceptors (Lipinski definition) is 2. The largest absolute Gasteiger partial charge is 0.491 e. The first-order valence-corrected chi connectivity index (χ1v) is 5.48. The number of ether oxygens (including phenoxy) is 1. The van der Waals surface area contributed by atoms with E-state index in [0.29, 0.717) is 5.56 Å². The van der Waals surface area contributed by atoms with Crippen molar-refractivity contribution in [3.05, 3.63) is 29.3 Å². The molecule has 0 aliphatic carbocycles. The normalized spacial score (nSPS) is 20.8. The number of rotatable bonds is 2. The van der Waals surface area contributed by atoms with Crippen LogP contribution in [0.3, 0.4) is 0 Å². The van der Waals surface area contributed by atoms with Gasteiger partial charge in [0.25, 0.3) is 0 Å². The van der Waals surface area contributed by atoms with E-state index in [9.17, 15) is 8.78 Å². The van der Waals surface area contributed by atoms with E-state index < -0.39 is 11.6 Å². The molecule has 0 spiro atoms. The van der Waals surface area contributed by atoms with Crippen LogP contribution in [0.25, 0.3) is 0 Å². The van der Waals surface area contributed by atoms with Crippen LogP contribution < -0.4 is 10.1 Å². The Hall–Kier alpha value is -1.16. The monoisotopic (exact) mass is 227 g/mol. The fourth-order valence-electron chi connectivity index (χ4n) is 2.11. The first-order chi connectivity index (χ1) is 7.72. The zero-order chi connectivity index (χ0) is 11.5. The van der Waals surface area contributed by atoms with Gasteiger partial charge in [0.15, 0.2) is 17.4 Å². The fourth-order valence-corrected chi connectivity index (χ4v) is 2.11. The Morgan fingerprint density at radius 1 is 1.25 bits per heavy atom. The van der Waals surface area contributed by atoms with Gasteiger partial charge in [-0.1, -0.05) is 6.42 Å². The summed E-state index contributed by atoms with van der Waals surface area (Å²) >= 11 is 0. The van der Waals surface area contributed by atoms with Crippen LogP contribution in [0.1, 0.15) is 30.9 Å². The van der Waals surface area contributed by atoms with E-state index in [1.807, 2.05) is 0 Å². The standard InChI is InChI=1S/C12H15F2NO/c1-16-12-9(13)6-8(7-10(12)14)11-4-2-3-5-15-11/h6-7,11,15H,2-5H2,1H3. The first kappa shape index (κ1) is 11.3. The predicted octanol–water partition coefficient (Wildman–Crippen LogP) is 2.79. The second kappa shape index (κ2) is 4.78. The average Bonchev–Trinajstić information content (AvgIpc) is 2.30. The summed E-state index contributed by atoms with van der Waals surface area (Å²) in [6.45, 7) is 0.903. The van der Waals surface area contributed by atoms with E-state index in [-0.39, 0.29) is 11.8 Å². The molecule has 1 N–H and O–H groups in total. The lowest BCUT2D eigenvalue weighted by Crippen LogP contribution is -2.26. The molecule has 1 heterocycles. The Labute approximate surface area is 93.6 Å². The van der Waals surface area contributed by atoms with Gasteiger partial charge in [-0.25, -0.2) is 8.78 Å². The van der Waals surface area contributed by atoms with Crippen molar-refractivity contribution < 1.29 is 13.5 Å². The number of hydrogen-bond donors (Lipinski definition) is 1. The summed E-state index contributed by atoms with van der Waals surface area (Å²) in [5, 5.41) is 3.25. The van der Waals surface area contributed by atoms with Crippen molar-refractivity contribution in [3.8, 4) is 5.75 Å². The zero-order valence-corrected chi connectivity index (χ0v) is 9.22. The van der Waals surface area contributed by atoms with E-state index >= 15 is 0 Å². The van der Waals surface area contributed by atoms with Gasteiger partial charge in [0, 0.05) is 6.04 Å². The molecule has 1 aromatic carbocycles. The van der Waals surface area contributed by atoms with Crippen LogP contribution in [0.15, 0.2) is 12.1 Å². The van der Waals surface area contributed by atoms with Crippen LogP contribution in [-0.2, 0) is 0 Å². The molecule has 1 saturated heterocycles. The predicted molar refractivity (Wildman–Crippen MR) is 57.5 cm³/mol. The van der Waals surface area contributed by atoms with Gasteiger partial charge in [0.05, 0.1) is 7.11 Å². The van der Waals surface area contributed by atoms with E-state index in [2.05, 4.69) is 10.1 Å². The maximum Gasteiger partial charge on any atom is 0.190 e. The first-order valence-electron chi connectivity index (χ1n) is 5.48. The summed E-state index contributed by atoms with van der Waals surface area (Å²) in [6.07, 6.45) is 3.13. The molecule has 1 fully saturated rings. The van der Waals surface area contributed by atoms with Gasteiger partial charge < -0.3 is 10.1 Å². The van der Waals surface area contributed by atoms with Crippen molar-refractivity contribution >= 4 is 0 Å². The number of methoxy groups -OCH3 is 1. The molecular formula is C12H15F2NO. The van der Waals surface area contributed by atoms with Gasteiger partial charge in [-0.15, -0.1) is 0 Å². The van der Waals surface area contributed by atoms with Crippen molar-refractivity contribution in [2.75, 3.05) is 13.7 Å². The van der Waals surface area contributed by atoms with E-state index in [0.717, 1.165) is 25.8 Å². The van der Waals surface area contributed by atoms with E-state index in [4.69, 9.17) is 0 Å². The van der Waals surface area contributed by atoms with Crippen LogP contribution in [0.2, 0.25) is 0 Å². The van der Waals surface area contributed by atoms with Crippen LogP contribution >= 0.6 is 0 Å². The van der Waals surface area contributed by atoms with Crippen LogP contribution in [0, 0.1) is 11.6 Å². The van der Waals surface area contributed by atoms with Gasteiger partial charge in [0.2, 0.25) is 0 Å². The van der Waals surface area contributed by atoms with Gasteiger partial charge >= 0.3 is 0 Å². The Morgan fingerprint density at radius 3 is 2.44 bits per heavy atom. The highest BCUT2D eigenvalue weighted by Gasteiger charge is 2.19. The van der Waals surface area contributed by atoms with Crippen molar-refractivity contribution in [2.45, 2.75) is 25.3 Å². The van der Waals surface area contributed by atoms with Crippen molar-refractivity contribution in [3.63, 3.8) is 0 Å². The van der Waals surface area contributed by atoms with Crippen LogP contribution in [-0.4, -0.2) is 13.7 Å². The smallest absolute Gasteiger partial charge is 0.190 e. The van der Waals surface area contributed by atoms with Crippen LogP contribution in [0.5, 0.6) is 5.75 Å². The maximum absolute atomic E-state index is 13.5. The molecule has 2 rings (SSSR count). The maximum atomic E-state index is 13.5. The minimum atomic E-state index is -0.634. The number of piperidine rings is 1. The molecule has 0 bridgehead atoms. The quantitative estimate of drug-likeness (QED) is 0.838. The molecule has 0 aromatic heterocycles. The van der Waals surface area contributed by atoms with Crippen LogP contribution in [0.4, 0.5) is 8.78 Å². The molecule has 0 radical (unpaired) electrons. The summed E-state index contributed by atoms with van der Waals surface area (Å²) in [7, 11) is 1.26. The third kappa shape index (κ3) is 2.16. The molecule has 0 saturated carbocycles. The van der Waals surface area contributed by atoms with Crippen molar-refractivity contribution in [1.82, 2.24) is 5.32 Å². The summed E-state index contributed by atoms with van der Waals surface area (Å²) in [5.41, 5.74) is 0.663. The number of halogens is 2. The SMILES string of the molecule is COc1c(F)cc(C2CCCCN2)cc1F. The lowest BCUT2D eigenvalue weighted by Gasteiger charge is -2.24. The number of benzene rings is 1. The summed E-state index contributed by atoms with van der Waals surface area (Å²) in [4.78, 5) is 0. The molecule has 1 atom stereocenters. The Morgan fingerprint density at radius 2 is 1.94 bits per heavy atom. The molecule has 16 heavy (non-hydrogen) atoms. The van der Waals surface area contributed by atoms with Gasteiger partial charge in [-0.2, -0.15) is 0 Å². The summed E-state index contributed by atoms with van der Waals surface area (Å²) in [6, 6.07) is 2.76. The lowest BCUT2D eigenvalue weighted by molar-refractivity contribution is 0.355. The third-order valence-corrected chi connectivity index (χ3v) is 2.94. The highest BCUT2D eigenvalue weighted by molar-refractivity contribution is 5.33. The fraction of sp³-hybridized carbons (Fsp3) is 0.500. The topological polar surface area (TPSA) is 21.3 Å². The number of nitrogens with one attached hydrogen (secondary N) is 1. The zero-order valence-electron chi connectivity index (χ0n) is 9.22. The minimum Gasteiger partial charge on any atom is -0.491 e. The Balaban J connectivity index is 2.28. The molecule has 1 aliphatic heterocycles. The minimum absolute atomic E-state index is 0.0589. The van der Waals surface area contributed by atoms with Crippen molar-refractivity contribution in [1.29, 1.82) is 0 Å². The van der Waals surface area contributed by atoms with Gasteiger partial charge in [-0.05, 0) is 37.1 Å². The molecule has 88 valence electrons. The second-order valence-corrected chi connectivity index (χ2v) is 4.02. The Bertz CT molecular complexity index is 352. The lowest BCUT2D eigenvalue weighted by atomic mass is 9.97. The van der Waals surface area contributed by atoms with E-state index in [1.165, 1.54) is 19.2 Å². The molecule has 1 unspecified atom stereocenters. The van der Waals surface area contributed by atoms with Gasteiger partial charge in [0.1, 0.15) is 0 Å². The van der Waals surface area contributed by atoms with Gasteiger partial charge in [-0.3, -0.25) is 0 Å². The average molecular weight is 227 g/mol. The summed E-state index contributed by atoms with van der Waals surface area (Å²) < 4.78 is 31.6. The highest BCUT2D eigenvalue weighted by Crippen LogP contribution is 2.29. The molecule has 0 amide bonds. The second-order valence-electron chi connectivity index (χ2n) is 4.02.